The van der Waals surface area contributed by atoms with Gasteiger partial charge in [-0.1, -0.05) is 229 Å². The summed E-state index contributed by atoms with van der Waals surface area (Å²) in [6.45, 7) is 80.8. The Balaban J connectivity index is -0.000000240. The number of hydrogen-bond donors (Lipinski definition) is 0. The third-order valence-electron chi connectivity index (χ3n) is 12.4. The molecule has 0 atom stereocenters. The lowest BCUT2D eigenvalue weighted by Crippen LogP contribution is -2.26. The standard InChI is InChI=1S/C12H16.C11H21N.C11H22O2.C10H20O2.C10H20.C9H14.C7H11F3.C7H12O.C6H10.C3H8.C2H6/c1-12(2,3)10-9-11-7-5-4-6-8-11;1-11(2,3)7-6-10-12-8-4-5-9-12;1-11(2,3)13-9-6-10-4-7-12-8-5-10;1-10(2,3)12-8-9-4-6-11-7-5-9;1-9(2,3)7-8-10(4,5)6;1-9(2,3)7-6-8-4-5-8;1-6(2,3)4-5-7(8,9)10;1-5-6-8-7(2,3)4;1-5-6(2,3)4;1-3-2;1-2/h4-10H,1-3H3;6-7H,4-5,8-10H2,1-3H3;10H,4-9H2,1-3H3;9H,4-8H2,1-3H3;7-8H,1-6H3;8H,4-5H2,1-3H3;4-5H,1-3H3;1H,6H2,2-4H3;1H,2-4H3;3H2,1-2H3;1-2H3/b10-9+;7-6+;;;8-7+;;5-4+;;;;. The number of hydrogen-bond acceptors (Lipinski definition) is 6. The first-order chi connectivity index (χ1) is 43.8. The van der Waals surface area contributed by atoms with Gasteiger partial charge in [-0.05, 0) is 219 Å². The van der Waals surface area contributed by atoms with Crippen molar-refractivity contribution in [3.8, 4) is 36.5 Å². The van der Waals surface area contributed by atoms with Gasteiger partial charge in [0.05, 0.1) is 23.4 Å². The molecule has 4 aliphatic rings. The minimum Gasteiger partial charge on any atom is -0.381 e. The van der Waals surface area contributed by atoms with Gasteiger partial charge in [-0.2, -0.15) is 13.2 Å². The second kappa shape index (κ2) is 54.2. The summed E-state index contributed by atoms with van der Waals surface area (Å²) in [6.07, 6.45) is 33.5. The fourth-order valence-corrected chi connectivity index (χ4v) is 6.93. The van der Waals surface area contributed by atoms with Crippen LogP contribution in [-0.2, 0) is 23.7 Å². The Labute approximate surface area is 603 Å². The molecule has 1 aromatic rings. The second-order valence-corrected chi connectivity index (χ2v) is 36.0. The summed E-state index contributed by atoms with van der Waals surface area (Å²) in [5, 5.41) is 0. The minimum atomic E-state index is -4.17. The van der Waals surface area contributed by atoms with E-state index in [0.717, 1.165) is 82.9 Å². The van der Waals surface area contributed by atoms with E-state index in [4.69, 9.17) is 36.5 Å². The van der Waals surface area contributed by atoms with Crippen molar-refractivity contribution in [3.05, 3.63) is 78.4 Å². The van der Waals surface area contributed by atoms with Gasteiger partial charge >= 0.3 is 6.18 Å². The maximum absolute atomic E-state index is 11.5. The molecule has 1 aromatic carbocycles. The Morgan fingerprint density at radius 3 is 1.16 bits per heavy atom. The van der Waals surface area contributed by atoms with Gasteiger partial charge in [-0.25, -0.2) is 0 Å². The van der Waals surface area contributed by atoms with Crippen LogP contribution in [0.1, 0.15) is 305 Å². The zero-order valence-corrected chi connectivity index (χ0v) is 70.2. The lowest BCUT2D eigenvalue weighted by molar-refractivity contribution is -0.0805. The molecule has 0 unspecified atom stereocenters. The highest BCUT2D eigenvalue weighted by Crippen LogP contribution is 2.29. The first-order valence-electron chi connectivity index (χ1n) is 37.0. The lowest BCUT2D eigenvalue weighted by Gasteiger charge is -2.26. The first kappa shape index (κ1) is 104. The average molecular weight is 1370 g/mol. The van der Waals surface area contributed by atoms with Crippen molar-refractivity contribution in [2.45, 2.75) is 323 Å². The molecular weight excluding hydrogens is 1210 g/mol. The van der Waals surface area contributed by atoms with Gasteiger partial charge in [0.1, 0.15) is 6.61 Å². The van der Waals surface area contributed by atoms with Crippen LogP contribution in [0.2, 0.25) is 0 Å². The Morgan fingerprint density at radius 1 is 0.495 bits per heavy atom. The van der Waals surface area contributed by atoms with Crippen LogP contribution in [0.5, 0.6) is 0 Å². The Morgan fingerprint density at radius 2 is 0.866 bits per heavy atom. The highest BCUT2D eigenvalue weighted by atomic mass is 19.4. The molecule has 568 valence electrons. The molecule has 0 aromatic heterocycles. The largest absolute Gasteiger partial charge is 0.409 e. The number of alkyl halides is 3. The summed E-state index contributed by atoms with van der Waals surface area (Å²) in [4.78, 5) is 2.52. The highest BCUT2D eigenvalue weighted by Gasteiger charge is 2.24. The average Bonchev–Trinajstić information content (AvgIpc) is 2.17. The third kappa shape index (κ3) is 106. The molecule has 1 saturated carbocycles. The fraction of sp³-hybridized carbons (Fsp3) is 0.773. The topological polar surface area (TPSA) is 49.4 Å². The van der Waals surface area contributed by atoms with Gasteiger partial charge in [0.2, 0.25) is 0 Å². The summed E-state index contributed by atoms with van der Waals surface area (Å²) in [5.41, 5.74) is 2.37. The summed E-state index contributed by atoms with van der Waals surface area (Å²) in [5.74, 6) is 13.8. The van der Waals surface area contributed by atoms with Crippen molar-refractivity contribution in [2.24, 2.45) is 55.7 Å². The fourth-order valence-electron chi connectivity index (χ4n) is 6.93. The number of nitrogens with zero attached hydrogens (tertiary/aromatic N) is 1. The van der Waals surface area contributed by atoms with E-state index in [1.165, 1.54) is 70.0 Å². The number of halogens is 3. The van der Waals surface area contributed by atoms with Gasteiger partial charge in [-0.3, -0.25) is 4.90 Å². The Hall–Kier alpha value is -3.59. The number of allylic oxidation sites excluding steroid dienone is 6. The summed E-state index contributed by atoms with van der Waals surface area (Å²) in [7, 11) is 0. The van der Waals surface area contributed by atoms with Crippen molar-refractivity contribution in [2.75, 3.05) is 65.9 Å². The molecule has 0 N–H and O–H groups in total. The van der Waals surface area contributed by atoms with Crippen molar-refractivity contribution in [1.29, 1.82) is 0 Å². The number of terminal acetylenes is 2. The van der Waals surface area contributed by atoms with Crippen LogP contribution in [0.25, 0.3) is 6.08 Å². The zero-order chi connectivity index (χ0) is 77.1. The van der Waals surface area contributed by atoms with Crippen molar-refractivity contribution >= 4 is 6.08 Å². The molecule has 9 heteroatoms. The first-order valence-corrected chi connectivity index (χ1v) is 37.0. The molecule has 0 radical (unpaired) electrons. The molecule has 4 fully saturated rings. The SMILES string of the molecule is C#CC(C)(C)C.C#CCOC(C)(C)C.CC.CC(C)(C)/C=C/C(C)(C)C.CC(C)(C)/C=C/C(F)(F)F.CC(C)(C)/C=C/CN1CCCC1.CC(C)(C)/C=C/c1ccccc1.CC(C)(C)C#CC1CC1.CC(C)(C)OCC1CCOCC1.CC(C)(C)OCCC1CCOCC1.CCC. The van der Waals surface area contributed by atoms with E-state index in [1.807, 2.05) is 61.5 Å². The molecule has 0 amide bonds. The van der Waals surface area contributed by atoms with E-state index < -0.39 is 11.6 Å². The van der Waals surface area contributed by atoms with Crippen LogP contribution < -0.4 is 0 Å². The monoisotopic (exact) mass is 1370 g/mol. The predicted octanol–water partition coefficient (Wildman–Crippen LogP) is 26.1. The van der Waals surface area contributed by atoms with Gasteiger partial charge in [0.15, 0.2) is 0 Å². The summed E-state index contributed by atoms with van der Waals surface area (Å²) in [6, 6.07) is 10.4. The van der Waals surface area contributed by atoms with E-state index in [2.05, 4.69) is 249 Å². The minimum absolute atomic E-state index is 0.0122. The molecule has 6 nitrogen and oxygen atoms in total. The number of likely N-dealkylation sites (tertiary alicyclic amines) is 1. The van der Waals surface area contributed by atoms with Crippen LogP contribution in [-0.4, -0.2) is 93.8 Å². The maximum Gasteiger partial charge on any atom is 0.409 e. The number of benzene rings is 1. The third-order valence-corrected chi connectivity index (χ3v) is 12.4. The van der Waals surface area contributed by atoms with E-state index in [1.54, 1.807) is 20.8 Å². The molecular formula is C88H160F3NO5. The van der Waals surface area contributed by atoms with E-state index in [-0.39, 0.29) is 39.1 Å². The molecule has 0 bridgehead atoms. The van der Waals surface area contributed by atoms with Crippen molar-refractivity contribution < 1.29 is 36.9 Å². The van der Waals surface area contributed by atoms with Crippen LogP contribution >= 0.6 is 0 Å². The van der Waals surface area contributed by atoms with E-state index in [9.17, 15) is 13.2 Å². The van der Waals surface area contributed by atoms with Gasteiger partial charge in [0.25, 0.3) is 0 Å². The summed E-state index contributed by atoms with van der Waals surface area (Å²) < 4.78 is 61.6. The highest BCUT2D eigenvalue weighted by molar-refractivity contribution is 5.49. The molecule has 5 rings (SSSR count). The lowest BCUT2D eigenvalue weighted by atomic mass is 9.89. The quantitative estimate of drug-likeness (QED) is 0.181. The Bertz CT molecular complexity index is 2180. The molecule has 0 spiro atoms. The van der Waals surface area contributed by atoms with E-state index in [0.29, 0.717) is 22.9 Å². The molecule has 1 aliphatic carbocycles. The molecule has 3 heterocycles. The molecule has 3 saturated heterocycles. The predicted molar refractivity (Wildman–Crippen MR) is 425 cm³/mol. The van der Waals surface area contributed by atoms with Gasteiger partial charge in [-0.15, -0.1) is 18.8 Å². The smallest absolute Gasteiger partial charge is 0.381 e. The molecule has 97 heavy (non-hydrogen) atoms. The van der Waals surface area contributed by atoms with Crippen LogP contribution in [0.4, 0.5) is 13.2 Å². The molecule has 3 aliphatic heterocycles. The number of rotatable bonds is 9. The summed E-state index contributed by atoms with van der Waals surface area (Å²) >= 11 is 0. The van der Waals surface area contributed by atoms with E-state index >= 15 is 0 Å². The zero-order valence-electron chi connectivity index (χ0n) is 70.2. The number of ether oxygens (including phenoxy) is 5. The maximum atomic E-state index is 11.5. The van der Waals surface area contributed by atoms with Crippen molar-refractivity contribution in [1.82, 2.24) is 4.90 Å². The van der Waals surface area contributed by atoms with Crippen LogP contribution in [0.15, 0.2) is 72.9 Å². The Kier molecular flexibility index (Phi) is 58.3. The van der Waals surface area contributed by atoms with Crippen LogP contribution in [0.3, 0.4) is 0 Å². The second-order valence-electron chi connectivity index (χ2n) is 36.0. The van der Waals surface area contributed by atoms with Crippen molar-refractivity contribution in [3.63, 3.8) is 0 Å². The van der Waals surface area contributed by atoms with Crippen LogP contribution in [0, 0.1) is 92.2 Å². The normalized spacial score (nSPS) is 16.0. The van der Waals surface area contributed by atoms with Gasteiger partial charge < -0.3 is 23.7 Å². The van der Waals surface area contributed by atoms with Gasteiger partial charge in [0, 0.05) is 62.4 Å².